The minimum absolute atomic E-state index is 0.0526. The number of carbonyl (C=O) groups is 3. The van der Waals surface area contributed by atoms with Crippen LogP contribution in [0.4, 0.5) is 0 Å². The highest BCUT2D eigenvalue weighted by Gasteiger charge is 2.35. The Morgan fingerprint density at radius 2 is 1.83 bits per heavy atom. The van der Waals surface area contributed by atoms with E-state index >= 15 is 0 Å². The molecule has 0 fully saturated rings. The second-order valence-corrected chi connectivity index (χ2v) is 9.20. The zero-order chi connectivity index (χ0) is 21.5. The molecule has 0 unspecified atom stereocenters. The average Bonchev–Trinajstić information content (AvgIpc) is 3.40. The lowest BCUT2D eigenvalue weighted by Gasteiger charge is -2.14. The summed E-state index contributed by atoms with van der Waals surface area (Å²) >= 11 is 1.18. The largest absolute Gasteiger partial charge is 0.284 e. The van der Waals surface area contributed by atoms with E-state index < -0.39 is 33.5 Å². The van der Waals surface area contributed by atoms with E-state index in [0.29, 0.717) is 10.6 Å². The fourth-order valence-electron chi connectivity index (χ4n) is 2.94. The van der Waals surface area contributed by atoms with Gasteiger partial charge in [-0.1, -0.05) is 12.1 Å². The van der Waals surface area contributed by atoms with Crippen molar-refractivity contribution in [2.45, 2.75) is 0 Å². The van der Waals surface area contributed by atoms with Crippen molar-refractivity contribution < 1.29 is 22.8 Å². The smallest absolute Gasteiger partial charge is 0.275 e. The number of hydrogen-bond acceptors (Lipinski definition) is 8. The molecule has 0 atom stereocenters. The molecule has 30 heavy (non-hydrogen) atoms. The molecule has 0 aliphatic carbocycles. The standard InChI is InChI=1S/C18H15N5O5S2/c1-22-9-11(8-19-22)16-20-14(10-29-16)15(24)21-30(27,28)7-6-23-17(25)12-4-2-3-5-13(12)18(23)26/h2-5,8-10H,6-7H2,1H3,(H,21,24). The number of rotatable bonds is 6. The molecule has 3 amide bonds. The van der Waals surface area contributed by atoms with Crippen LogP contribution in [0.15, 0.2) is 42.0 Å². The van der Waals surface area contributed by atoms with E-state index in [2.05, 4.69) is 10.1 Å². The van der Waals surface area contributed by atoms with Gasteiger partial charge in [0.25, 0.3) is 17.7 Å². The minimum atomic E-state index is -4.10. The zero-order valence-corrected chi connectivity index (χ0v) is 17.2. The van der Waals surface area contributed by atoms with Gasteiger partial charge in [-0.15, -0.1) is 11.3 Å². The van der Waals surface area contributed by atoms with Crippen molar-refractivity contribution in [3.8, 4) is 10.6 Å². The highest BCUT2D eigenvalue weighted by Crippen LogP contribution is 2.23. The van der Waals surface area contributed by atoms with Gasteiger partial charge in [0.05, 0.1) is 23.1 Å². The van der Waals surface area contributed by atoms with E-state index in [1.807, 2.05) is 4.72 Å². The van der Waals surface area contributed by atoms with Crippen LogP contribution in [0.2, 0.25) is 0 Å². The fraction of sp³-hybridized carbons (Fsp3) is 0.167. The molecule has 12 heteroatoms. The van der Waals surface area contributed by atoms with Gasteiger partial charge in [-0.05, 0) is 12.1 Å². The summed E-state index contributed by atoms with van der Waals surface area (Å²) in [6.45, 7) is -0.368. The Hall–Kier alpha value is -3.38. The van der Waals surface area contributed by atoms with Gasteiger partial charge < -0.3 is 0 Å². The zero-order valence-electron chi connectivity index (χ0n) is 15.6. The van der Waals surface area contributed by atoms with E-state index in [4.69, 9.17) is 0 Å². The second-order valence-electron chi connectivity index (χ2n) is 6.50. The van der Waals surface area contributed by atoms with E-state index in [0.717, 1.165) is 4.90 Å². The summed E-state index contributed by atoms with van der Waals surface area (Å²) in [5, 5.41) is 5.99. The van der Waals surface area contributed by atoms with Crippen molar-refractivity contribution in [1.29, 1.82) is 0 Å². The lowest BCUT2D eigenvalue weighted by Crippen LogP contribution is -2.39. The molecule has 1 N–H and O–H groups in total. The Labute approximate surface area is 175 Å². The van der Waals surface area contributed by atoms with Gasteiger partial charge in [0.1, 0.15) is 10.7 Å². The van der Waals surface area contributed by atoms with E-state index in [1.54, 1.807) is 36.3 Å². The molecule has 4 rings (SSSR count). The molecule has 0 radical (unpaired) electrons. The van der Waals surface area contributed by atoms with Gasteiger partial charge in [-0.25, -0.2) is 18.1 Å². The lowest BCUT2D eigenvalue weighted by molar-refractivity contribution is 0.0664. The summed E-state index contributed by atoms with van der Waals surface area (Å²) in [7, 11) is -2.36. The maximum atomic E-state index is 12.3. The van der Waals surface area contributed by atoms with Gasteiger partial charge in [0.15, 0.2) is 0 Å². The number of amides is 3. The maximum absolute atomic E-state index is 12.3. The highest BCUT2D eigenvalue weighted by molar-refractivity contribution is 7.90. The van der Waals surface area contributed by atoms with Crippen LogP contribution < -0.4 is 4.72 Å². The van der Waals surface area contributed by atoms with Crippen LogP contribution in [-0.4, -0.2) is 58.1 Å². The van der Waals surface area contributed by atoms with E-state index in [9.17, 15) is 22.8 Å². The highest BCUT2D eigenvalue weighted by atomic mass is 32.2. The fourth-order valence-corrected chi connectivity index (χ4v) is 4.63. The number of hydrogen-bond donors (Lipinski definition) is 1. The van der Waals surface area contributed by atoms with Crippen LogP contribution in [0.3, 0.4) is 0 Å². The molecule has 3 aromatic rings. The van der Waals surface area contributed by atoms with Crippen LogP contribution in [0.25, 0.3) is 10.6 Å². The first kappa shape index (κ1) is 19.9. The predicted octanol–water partition coefficient (Wildman–Crippen LogP) is 0.899. The molecule has 1 aromatic carbocycles. The molecule has 10 nitrogen and oxygen atoms in total. The molecule has 0 spiro atoms. The third-order valence-electron chi connectivity index (χ3n) is 4.40. The molecule has 154 valence electrons. The molecule has 1 aliphatic rings. The van der Waals surface area contributed by atoms with Crippen LogP contribution in [-0.2, 0) is 17.1 Å². The molecule has 0 bridgehead atoms. The number of nitrogens with one attached hydrogen (secondary N) is 1. The number of aromatic nitrogens is 3. The predicted molar refractivity (Wildman–Crippen MR) is 107 cm³/mol. The van der Waals surface area contributed by atoms with Gasteiger partial charge in [0.2, 0.25) is 10.0 Å². The molecular weight excluding hydrogens is 430 g/mol. The number of fused-ring (bicyclic) bond motifs is 1. The Morgan fingerprint density at radius 3 is 2.43 bits per heavy atom. The SMILES string of the molecule is Cn1cc(-c2nc(C(=O)NS(=O)(=O)CCN3C(=O)c4ccccc4C3=O)cs2)cn1. The Balaban J connectivity index is 1.40. The number of thiazole rings is 1. The number of imide groups is 1. The Bertz CT molecular complexity index is 1240. The third-order valence-corrected chi connectivity index (χ3v) is 6.51. The first-order valence-electron chi connectivity index (χ1n) is 8.70. The molecule has 0 saturated heterocycles. The number of carbonyl (C=O) groups excluding carboxylic acids is 3. The Morgan fingerprint density at radius 1 is 1.17 bits per heavy atom. The number of benzene rings is 1. The first-order chi connectivity index (χ1) is 14.2. The van der Waals surface area contributed by atoms with Gasteiger partial charge in [-0.2, -0.15) is 5.10 Å². The quantitative estimate of drug-likeness (QED) is 0.558. The van der Waals surface area contributed by atoms with Gasteiger partial charge >= 0.3 is 0 Å². The van der Waals surface area contributed by atoms with Crippen molar-refractivity contribution in [3.63, 3.8) is 0 Å². The summed E-state index contributed by atoms with van der Waals surface area (Å²) in [5.41, 5.74) is 1.11. The third kappa shape index (κ3) is 3.74. The van der Waals surface area contributed by atoms with Gasteiger partial charge in [0, 0.05) is 30.7 Å². The number of nitrogens with zero attached hydrogens (tertiary/aromatic N) is 4. The number of aryl methyl sites for hydroxylation is 1. The van der Waals surface area contributed by atoms with Crippen molar-refractivity contribution in [2.75, 3.05) is 12.3 Å². The molecule has 0 saturated carbocycles. The normalized spacial score (nSPS) is 13.6. The maximum Gasteiger partial charge on any atom is 0.284 e. The van der Waals surface area contributed by atoms with E-state index in [-0.39, 0.29) is 23.4 Å². The summed E-state index contributed by atoms with van der Waals surface area (Å²) in [5.74, 6) is -2.61. The van der Waals surface area contributed by atoms with Crippen molar-refractivity contribution in [1.82, 2.24) is 24.4 Å². The lowest BCUT2D eigenvalue weighted by atomic mass is 10.1. The first-order valence-corrected chi connectivity index (χ1v) is 11.2. The van der Waals surface area contributed by atoms with Crippen LogP contribution >= 0.6 is 11.3 Å². The van der Waals surface area contributed by atoms with Crippen LogP contribution in [0.1, 0.15) is 31.2 Å². The topological polar surface area (TPSA) is 131 Å². The Kier molecular flexibility index (Phi) is 4.95. The van der Waals surface area contributed by atoms with Crippen molar-refractivity contribution in [2.24, 2.45) is 7.05 Å². The molecule has 3 heterocycles. The number of sulfonamides is 1. The molecular formula is C18H15N5O5S2. The van der Waals surface area contributed by atoms with Crippen LogP contribution in [0.5, 0.6) is 0 Å². The second kappa shape index (κ2) is 7.46. The van der Waals surface area contributed by atoms with Crippen LogP contribution in [0, 0.1) is 0 Å². The monoisotopic (exact) mass is 445 g/mol. The van der Waals surface area contributed by atoms with Crippen molar-refractivity contribution >= 4 is 39.1 Å². The van der Waals surface area contributed by atoms with Gasteiger partial charge in [-0.3, -0.25) is 24.0 Å². The summed E-state index contributed by atoms with van der Waals surface area (Å²) in [6.07, 6.45) is 3.30. The summed E-state index contributed by atoms with van der Waals surface area (Å²) in [4.78, 5) is 41.9. The molecule has 1 aliphatic heterocycles. The van der Waals surface area contributed by atoms with E-state index in [1.165, 1.54) is 28.8 Å². The molecule has 2 aromatic heterocycles. The minimum Gasteiger partial charge on any atom is -0.275 e. The van der Waals surface area contributed by atoms with Crippen molar-refractivity contribution in [3.05, 3.63) is 58.9 Å². The summed E-state index contributed by atoms with van der Waals surface area (Å²) in [6, 6.07) is 6.26. The average molecular weight is 445 g/mol. The summed E-state index contributed by atoms with van der Waals surface area (Å²) < 4.78 is 28.1.